The number of thioether (sulfide) groups is 1. The van der Waals surface area contributed by atoms with Gasteiger partial charge in [-0.1, -0.05) is 24.3 Å². The minimum absolute atomic E-state index is 0.259. The lowest BCUT2D eigenvalue weighted by molar-refractivity contribution is -0.155. The van der Waals surface area contributed by atoms with Crippen LogP contribution in [-0.2, 0) is 14.3 Å². The zero-order valence-electron chi connectivity index (χ0n) is 16.2. The molecule has 0 aliphatic heterocycles. The van der Waals surface area contributed by atoms with Crippen molar-refractivity contribution < 1.29 is 23.5 Å². The summed E-state index contributed by atoms with van der Waals surface area (Å²) < 4.78 is 18.5. The van der Waals surface area contributed by atoms with Crippen molar-refractivity contribution in [3.63, 3.8) is 0 Å². The van der Waals surface area contributed by atoms with Crippen molar-refractivity contribution in [3.8, 4) is 0 Å². The molecule has 154 valence electrons. The number of rotatable bonds is 9. The lowest BCUT2D eigenvalue weighted by Gasteiger charge is -2.20. The van der Waals surface area contributed by atoms with Crippen LogP contribution in [0.3, 0.4) is 0 Å². The third-order valence-electron chi connectivity index (χ3n) is 3.99. The highest BCUT2D eigenvalue weighted by Gasteiger charge is 2.26. The van der Waals surface area contributed by atoms with Gasteiger partial charge in [0.2, 0.25) is 0 Å². The number of carbonyl (C=O) groups excluding carboxylic acids is 3. The topological polar surface area (TPSA) is 84.5 Å². The fraction of sp³-hybridized carbons (Fsp3) is 0.286. The molecule has 0 unspecified atom stereocenters. The first-order valence-electron chi connectivity index (χ1n) is 9.02. The lowest BCUT2D eigenvalue weighted by Crippen LogP contribution is -2.44. The molecule has 2 rings (SSSR count). The van der Waals surface area contributed by atoms with Crippen LogP contribution >= 0.6 is 11.8 Å². The zero-order chi connectivity index (χ0) is 21.2. The van der Waals surface area contributed by atoms with Crippen molar-refractivity contribution >= 4 is 35.2 Å². The van der Waals surface area contributed by atoms with E-state index >= 15 is 0 Å². The van der Waals surface area contributed by atoms with Crippen molar-refractivity contribution in [1.82, 2.24) is 5.32 Å². The van der Waals surface area contributed by atoms with E-state index in [4.69, 9.17) is 4.74 Å². The Balaban J connectivity index is 1.98. The van der Waals surface area contributed by atoms with Crippen LogP contribution in [0.4, 0.5) is 10.1 Å². The molecule has 0 aromatic heterocycles. The van der Waals surface area contributed by atoms with E-state index < -0.39 is 35.7 Å². The minimum atomic E-state index is -1.11. The van der Waals surface area contributed by atoms with E-state index in [-0.39, 0.29) is 5.69 Å². The van der Waals surface area contributed by atoms with Gasteiger partial charge >= 0.3 is 5.97 Å². The fourth-order valence-corrected chi connectivity index (χ4v) is 2.91. The molecule has 6 nitrogen and oxygen atoms in total. The van der Waals surface area contributed by atoms with E-state index in [2.05, 4.69) is 10.6 Å². The first-order chi connectivity index (χ1) is 13.9. The van der Waals surface area contributed by atoms with Gasteiger partial charge < -0.3 is 15.4 Å². The van der Waals surface area contributed by atoms with Gasteiger partial charge in [0.15, 0.2) is 6.10 Å². The van der Waals surface area contributed by atoms with E-state index in [0.29, 0.717) is 17.7 Å². The van der Waals surface area contributed by atoms with Gasteiger partial charge in [0.25, 0.3) is 11.8 Å². The smallest absolute Gasteiger partial charge is 0.329 e. The van der Waals surface area contributed by atoms with Crippen LogP contribution in [0.5, 0.6) is 0 Å². The van der Waals surface area contributed by atoms with Gasteiger partial charge in [-0.15, -0.1) is 0 Å². The summed E-state index contributed by atoms with van der Waals surface area (Å²) in [5.74, 6) is -1.57. The van der Waals surface area contributed by atoms with Crippen LogP contribution in [0.25, 0.3) is 0 Å². The van der Waals surface area contributed by atoms with E-state index in [1.165, 1.54) is 36.9 Å². The molecule has 0 aliphatic carbocycles. The Morgan fingerprint density at radius 1 is 1.10 bits per heavy atom. The van der Waals surface area contributed by atoms with E-state index in [1.807, 2.05) is 6.26 Å². The van der Waals surface area contributed by atoms with Gasteiger partial charge in [0.05, 0.1) is 0 Å². The molecule has 2 N–H and O–H groups in total. The molecule has 0 fully saturated rings. The molecular weight excluding hydrogens is 395 g/mol. The van der Waals surface area contributed by atoms with Crippen LogP contribution < -0.4 is 10.6 Å². The van der Waals surface area contributed by atoms with Crippen LogP contribution in [0.15, 0.2) is 54.6 Å². The summed E-state index contributed by atoms with van der Waals surface area (Å²) >= 11 is 1.52. The second-order valence-electron chi connectivity index (χ2n) is 6.25. The number of ether oxygens (including phenoxy) is 1. The summed E-state index contributed by atoms with van der Waals surface area (Å²) in [6.07, 6.45) is 1.13. The number of hydrogen-bond acceptors (Lipinski definition) is 5. The Morgan fingerprint density at radius 3 is 2.48 bits per heavy atom. The van der Waals surface area contributed by atoms with Crippen molar-refractivity contribution in [1.29, 1.82) is 0 Å². The monoisotopic (exact) mass is 418 g/mol. The molecule has 2 aromatic carbocycles. The van der Waals surface area contributed by atoms with Crippen LogP contribution in [-0.4, -0.2) is 41.9 Å². The number of esters is 1. The predicted octanol–water partition coefficient (Wildman–Crippen LogP) is 3.25. The maximum atomic E-state index is 13.2. The molecule has 0 saturated heterocycles. The Bertz CT molecular complexity index is 848. The molecule has 0 heterocycles. The molecule has 8 heteroatoms. The number of benzene rings is 2. The Morgan fingerprint density at radius 2 is 1.83 bits per heavy atom. The molecule has 0 spiro atoms. The first-order valence-corrected chi connectivity index (χ1v) is 10.4. The number of anilines is 1. The van der Waals surface area contributed by atoms with Crippen molar-refractivity contribution in [2.45, 2.75) is 25.5 Å². The zero-order valence-corrected chi connectivity index (χ0v) is 17.0. The molecule has 2 aromatic rings. The molecule has 2 atom stereocenters. The molecule has 0 aliphatic rings. The third-order valence-corrected chi connectivity index (χ3v) is 4.63. The normalized spacial score (nSPS) is 12.5. The molecular formula is C21H23FN2O4S. The Labute approximate surface area is 173 Å². The summed E-state index contributed by atoms with van der Waals surface area (Å²) in [6, 6.07) is 13.0. The van der Waals surface area contributed by atoms with Gasteiger partial charge in [-0.2, -0.15) is 11.8 Å². The highest BCUT2D eigenvalue weighted by Crippen LogP contribution is 2.11. The number of carbonyl (C=O) groups is 3. The lowest BCUT2D eigenvalue weighted by atomic mass is 10.1. The van der Waals surface area contributed by atoms with Crippen molar-refractivity contribution in [2.24, 2.45) is 0 Å². The maximum Gasteiger partial charge on any atom is 0.329 e. The van der Waals surface area contributed by atoms with Crippen molar-refractivity contribution in [2.75, 3.05) is 17.3 Å². The molecule has 0 saturated carbocycles. The summed E-state index contributed by atoms with van der Waals surface area (Å²) in [7, 11) is 0. The SMILES string of the molecule is CSCC[C@@H](NC(=O)c1ccccc1)C(=O)O[C@H](C)C(=O)Nc1cccc(F)c1. The molecule has 2 amide bonds. The van der Waals surface area contributed by atoms with E-state index in [0.717, 1.165) is 6.07 Å². The summed E-state index contributed by atoms with van der Waals surface area (Å²) in [5, 5.41) is 5.15. The highest BCUT2D eigenvalue weighted by molar-refractivity contribution is 7.98. The first kappa shape index (κ1) is 22.4. The molecule has 0 radical (unpaired) electrons. The van der Waals surface area contributed by atoms with Crippen LogP contribution in [0.1, 0.15) is 23.7 Å². The number of hydrogen-bond donors (Lipinski definition) is 2. The van der Waals surface area contributed by atoms with E-state index in [9.17, 15) is 18.8 Å². The Hall–Kier alpha value is -2.87. The largest absolute Gasteiger partial charge is 0.451 e. The van der Waals surface area contributed by atoms with Crippen LogP contribution in [0, 0.1) is 5.82 Å². The maximum absolute atomic E-state index is 13.2. The average molecular weight is 418 g/mol. The quantitative estimate of drug-likeness (QED) is 0.611. The number of nitrogens with one attached hydrogen (secondary N) is 2. The van der Waals surface area contributed by atoms with Crippen LogP contribution in [0.2, 0.25) is 0 Å². The van der Waals surface area contributed by atoms with Gasteiger partial charge in [0, 0.05) is 11.3 Å². The summed E-state index contributed by atoms with van der Waals surface area (Å²) in [4.78, 5) is 37.2. The summed E-state index contributed by atoms with van der Waals surface area (Å²) in [6.45, 7) is 1.41. The third kappa shape index (κ3) is 7.23. The van der Waals surface area contributed by atoms with Gasteiger partial charge in [-0.25, -0.2) is 9.18 Å². The van der Waals surface area contributed by atoms with Gasteiger partial charge in [-0.05, 0) is 55.7 Å². The Kier molecular flexibility index (Phi) is 8.67. The van der Waals surface area contributed by atoms with Gasteiger partial charge in [-0.3, -0.25) is 9.59 Å². The van der Waals surface area contributed by atoms with Crippen molar-refractivity contribution in [3.05, 3.63) is 66.0 Å². The number of amides is 2. The van der Waals surface area contributed by atoms with Gasteiger partial charge in [0.1, 0.15) is 11.9 Å². The predicted molar refractivity (Wildman–Crippen MR) is 111 cm³/mol. The minimum Gasteiger partial charge on any atom is -0.451 e. The number of halogens is 1. The highest BCUT2D eigenvalue weighted by atomic mass is 32.2. The second kappa shape index (κ2) is 11.2. The second-order valence-corrected chi connectivity index (χ2v) is 7.24. The molecule has 0 bridgehead atoms. The fourth-order valence-electron chi connectivity index (χ4n) is 2.44. The average Bonchev–Trinajstić information content (AvgIpc) is 2.71. The van der Waals surface area contributed by atoms with E-state index in [1.54, 1.807) is 30.3 Å². The standard InChI is InChI=1S/C21H23FN2O4S/c1-14(19(25)23-17-10-6-9-16(22)13-17)28-21(27)18(11-12-29-2)24-20(26)15-7-4-3-5-8-15/h3-10,13-14,18H,11-12H2,1-2H3,(H,23,25)(H,24,26)/t14-,18-/m1/s1. The molecule has 29 heavy (non-hydrogen) atoms. The summed E-state index contributed by atoms with van der Waals surface area (Å²) in [5.41, 5.74) is 0.681.